The lowest BCUT2D eigenvalue weighted by Crippen LogP contribution is -2.52. The van der Waals surface area contributed by atoms with E-state index in [1.807, 2.05) is 18.3 Å². The first kappa shape index (κ1) is 19.8. The summed E-state index contributed by atoms with van der Waals surface area (Å²) in [6.07, 6.45) is 6.36. The molecule has 1 unspecified atom stereocenters. The standard InChI is InChI=1S/C23H29N5O/c1-19-6-2-3-7-20(19)16-27-14-13-26(17-21(27)9-15-29)18-22-8-4-12-28(22)23-24-10-5-11-25-23/h2-8,10-12,21,29H,9,13-18H2,1H3. The van der Waals surface area contributed by atoms with Crippen molar-refractivity contribution in [1.29, 1.82) is 0 Å². The number of aryl methyl sites for hydroxylation is 1. The van der Waals surface area contributed by atoms with Crippen molar-refractivity contribution in [2.45, 2.75) is 32.5 Å². The van der Waals surface area contributed by atoms with Crippen molar-refractivity contribution < 1.29 is 5.11 Å². The van der Waals surface area contributed by atoms with Gasteiger partial charge in [-0.1, -0.05) is 24.3 Å². The van der Waals surface area contributed by atoms with Gasteiger partial charge in [0.05, 0.1) is 0 Å². The number of aromatic nitrogens is 3. The third-order valence-corrected chi connectivity index (χ3v) is 5.77. The van der Waals surface area contributed by atoms with Crippen LogP contribution in [-0.2, 0) is 13.1 Å². The molecule has 0 spiro atoms. The van der Waals surface area contributed by atoms with E-state index in [1.165, 1.54) is 16.8 Å². The van der Waals surface area contributed by atoms with Crippen LogP contribution in [0.3, 0.4) is 0 Å². The Labute approximate surface area is 172 Å². The maximum absolute atomic E-state index is 9.63. The first-order chi connectivity index (χ1) is 14.2. The third-order valence-electron chi connectivity index (χ3n) is 5.77. The number of hydrogen-bond acceptors (Lipinski definition) is 5. The van der Waals surface area contributed by atoms with E-state index in [0.717, 1.165) is 39.1 Å². The highest BCUT2D eigenvalue weighted by Crippen LogP contribution is 2.20. The van der Waals surface area contributed by atoms with Gasteiger partial charge in [0.25, 0.3) is 0 Å². The van der Waals surface area contributed by atoms with Crippen molar-refractivity contribution in [2.24, 2.45) is 0 Å². The fraction of sp³-hybridized carbons (Fsp3) is 0.391. The number of piperazine rings is 1. The van der Waals surface area contributed by atoms with Crippen LogP contribution < -0.4 is 0 Å². The van der Waals surface area contributed by atoms with E-state index in [9.17, 15) is 5.11 Å². The van der Waals surface area contributed by atoms with Crippen LogP contribution in [-0.4, -0.2) is 61.7 Å². The quantitative estimate of drug-likeness (QED) is 0.671. The summed E-state index contributed by atoms with van der Waals surface area (Å²) in [4.78, 5) is 13.8. The molecule has 1 aliphatic rings. The minimum Gasteiger partial charge on any atom is -0.396 e. The second-order valence-electron chi connectivity index (χ2n) is 7.72. The van der Waals surface area contributed by atoms with Crippen molar-refractivity contribution in [3.05, 3.63) is 77.9 Å². The minimum atomic E-state index is 0.219. The average molecular weight is 392 g/mol. The number of aliphatic hydroxyl groups excluding tert-OH is 1. The highest BCUT2D eigenvalue weighted by Gasteiger charge is 2.27. The Morgan fingerprint density at radius 2 is 1.83 bits per heavy atom. The van der Waals surface area contributed by atoms with Gasteiger partial charge >= 0.3 is 0 Å². The summed E-state index contributed by atoms with van der Waals surface area (Å²) in [5.74, 6) is 0.706. The maximum Gasteiger partial charge on any atom is 0.233 e. The zero-order valence-corrected chi connectivity index (χ0v) is 17.0. The van der Waals surface area contributed by atoms with Crippen LogP contribution in [0.15, 0.2) is 61.1 Å². The third kappa shape index (κ3) is 4.72. The molecule has 0 radical (unpaired) electrons. The average Bonchev–Trinajstić information content (AvgIpc) is 3.20. The van der Waals surface area contributed by atoms with Crippen LogP contribution in [0, 0.1) is 6.92 Å². The van der Waals surface area contributed by atoms with Crippen LogP contribution in [0.4, 0.5) is 0 Å². The Bertz CT molecular complexity index is 910. The molecule has 1 aliphatic heterocycles. The van der Waals surface area contributed by atoms with Gasteiger partial charge in [0.15, 0.2) is 0 Å². The van der Waals surface area contributed by atoms with Gasteiger partial charge < -0.3 is 5.11 Å². The largest absolute Gasteiger partial charge is 0.396 e. The van der Waals surface area contributed by atoms with Crippen molar-refractivity contribution in [1.82, 2.24) is 24.3 Å². The number of nitrogens with zero attached hydrogens (tertiary/aromatic N) is 5. The topological polar surface area (TPSA) is 57.4 Å². The first-order valence-electron chi connectivity index (χ1n) is 10.3. The molecule has 4 rings (SSSR count). The summed E-state index contributed by atoms with van der Waals surface area (Å²) in [6, 6.07) is 15.0. The molecule has 1 atom stereocenters. The Balaban J connectivity index is 1.44. The summed E-state index contributed by atoms with van der Waals surface area (Å²) in [6.45, 7) is 7.15. The lowest BCUT2D eigenvalue weighted by Gasteiger charge is -2.41. The molecule has 1 N–H and O–H groups in total. The highest BCUT2D eigenvalue weighted by molar-refractivity contribution is 5.25. The number of hydrogen-bond donors (Lipinski definition) is 1. The van der Waals surface area contributed by atoms with Gasteiger partial charge in [-0.05, 0) is 42.7 Å². The van der Waals surface area contributed by atoms with Gasteiger partial charge in [-0.25, -0.2) is 9.97 Å². The summed E-state index contributed by atoms with van der Waals surface area (Å²) in [5, 5.41) is 9.63. The van der Waals surface area contributed by atoms with Gasteiger partial charge in [-0.2, -0.15) is 0 Å². The van der Waals surface area contributed by atoms with Gasteiger partial charge in [-0.3, -0.25) is 14.4 Å². The summed E-state index contributed by atoms with van der Waals surface area (Å²) < 4.78 is 2.06. The Morgan fingerprint density at radius 1 is 1.00 bits per heavy atom. The van der Waals surface area contributed by atoms with Crippen molar-refractivity contribution in [3.8, 4) is 5.95 Å². The van der Waals surface area contributed by atoms with Crippen LogP contribution in [0.5, 0.6) is 0 Å². The number of rotatable bonds is 7. The Hall–Kier alpha value is -2.54. The maximum atomic E-state index is 9.63. The Morgan fingerprint density at radius 3 is 2.62 bits per heavy atom. The van der Waals surface area contributed by atoms with E-state index in [1.54, 1.807) is 12.4 Å². The highest BCUT2D eigenvalue weighted by atomic mass is 16.3. The Kier molecular flexibility index (Phi) is 6.34. The molecule has 29 heavy (non-hydrogen) atoms. The van der Waals surface area contributed by atoms with E-state index >= 15 is 0 Å². The molecule has 0 saturated carbocycles. The molecule has 152 valence electrons. The molecular formula is C23H29N5O. The number of aliphatic hydroxyl groups is 1. The molecular weight excluding hydrogens is 362 g/mol. The van der Waals surface area contributed by atoms with E-state index in [-0.39, 0.29) is 6.61 Å². The van der Waals surface area contributed by atoms with Crippen LogP contribution in [0.2, 0.25) is 0 Å². The van der Waals surface area contributed by atoms with Crippen molar-refractivity contribution in [2.75, 3.05) is 26.2 Å². The molecule has 0 aliphatic carbocycles. The van der Waals surface area contributed by atoms with E-state index in [2.05, 4.69) is 61.6 Å². The lowest BCUT2D eigenvalue weighted by atomic mass is 10.0. The van der Waals surface area contributed by atoms with Crippen molar-refractivity contribution in [3.63, 3.8) is 0 Å². The van der Waals surface area contributed by atoms with Crippen molar-refractivity contribution >= 4 is 0 Å². The van der Waals surface area contributed by atoms with Crippen LogP contribution in [0.1, 0.15) is 23.2 Å². The lowest BCUT2D eigenvalue weighted by molar-refractivity contribution is 0.0490. The monoisotopic (exact) mass is 391 g/mol. The minimum absolute atomic E-state index is 0.219. The zero-order valence-electron chi connectivity index (χ0n) is 17.0. The molecule has 3 heterocycles. The molecule has 0 bridgehead atoms. The molecule has 0 amide bonds. The van der Waals surface area contributed by atoms with E-state index in [0.29, 0.717) is 12.0 Å². The van der Waals surface area contributed by atoms with Crippen LogP contribution in [0.25, 0.3) is 5.95 Å². The first-order valence-corrected chi connectivity index (χ1v) is 10.3. The molecule has 6 nitrogen and oxygen atoms in total. The molecule has 1 aromatic carbocycles. The van der Waals surface area contributed by atoms with Gasteiger partial charge in [0.1, 0.15) is 0 Å². The second kappa shape index (κ2) is 9.31. The summed E-state index contributed by atoms with van der Waals surface area (Å²) in [5.41, 5.74) is 3.89. The molecule has 6 heteroatoms. The van der Waals surface area contributed by atoms with Gasteiger partial charge in [-0.15, -0.1) is 0 Å². The predicted molar refractivity (Wildman–Crippen MR) is 114 cm³/mol. The fourth-order valence-corrected chi connectivity index (χ4v) is 4.12. The molecule has 3 aromatic rings. The fourth-order valence-electron chi connectivity index (χ4n) is 4.12. The van der Waals surface area contributed by atoms with Crippen LogP contribution >= 0.6 is 0 Å². The summed E-state index contributed by atoms with van der Waals surface area (Å²) >= 11 is 0. The van der Waals surface area contributed by atoms with E-state index < -0.39 is 0 Å². The SMILES string of the molecule is Cc1ccccc1CN1CCN(Cc2cccn2-c2ncccn2)CC1CCO. The second-order valence-corrected chi connectivity index (χ2v) is 7.72. The van der Waals surface area contributed by atoms with Gasteiger partial charge in [0.2, 0.25) is 5.95 Å². The molecule has 2 aromatic heterocycles. The molecule has 1 fully saturated rings. The summed E-state index contributed by atoms with van der Waals surface area (Å²) in [7, 11) is 0. The molecule has 1 saturated heterocycles. The normalized spacial score (nSPS) is 18.2. The number of benzene rings is 1. The smallest absolute Gasteiger partial charge is 0.233 e. The van der Waals surface area contributed by atoms with Gasteiger partial charge in [0, 0.05) is 69.7 Å². The van der Waals surface area contributed by atoms with E-state index in [4.69, 9.17) is 0 Å². The predicted octanol–water partition coefficient (Wildman–Crippen LogP) is 2.64. The zero-order chi connectivity index (χ0) is 20.1.